The Labute approximate surface area is 95.2 Å². The first kappa shape index (κ1) is 10.8. The summed E-state index contributed by atoms with van der Waals surface area (Å²) in [5.74, 6) is -0.415. The van der Waals surface area contributed by atoms with Gasteiger partial charge in [-0.1, -0.05) is 0 Å². The van der Waals surface area contributed by atoms with E-state index in [1.807, 2.05) is 12.1 Å². The van der Waals surface area contributed by atoms with Crippen molar-refractivity contribution in [3.63, 3.8) is 0 Å². The highest BCUT2D eigenvalue weighted by atomic mass is 16.1. The molecule has 0 bridgehead atoms. The topological polar surface area (TPSA) is 72.3 Å². The number of rotatable bonds is 4. The van der Waals surface area contributed by atoms with E-state index in [0.29, 0.717) is 17.3 Å². The fraction of sp³-hybridized carbons (Fsp3) is 0.417. The largest absolute Gasteiger partial charge is 0.399 e. The smallest absolute Gasteiger partial charge is 0.250 e. The summed E-state index contributed by atoms with van der Waals surface area (Å²) in [5.41, 5.74) is 13.1. The number of amides is 1. The summed E-state index contributed by atoms with van der Waals surface area (Å²) in [6.45, 7) is 2.97. The molecule has 2 rings (SSSR count). The standard InChI is InChI=1S/C12H17N3O/c1-2-15(9-4-5-9)11-6-3-8(13)7-10(11)12(14)16/h3,6-7,9H,2,4-5,13H2,1H3,(H2,14,16). The molecule has 0 atom stereocenters. The molecule has 0 radical (unpaired) electrons. The summed E-state index contributed by atoms with van der Waals surface area (Å²) in [4.78, 5) is 13.6. The highest BCUT2D eigenvalue weighted by Gasteiger charge is 2.29. The zero-order valence-corrected chi connectivity index (χ0v) is 9.44. The number of primary amides is 1. The second-order valence-corrected chi connectivity index (χ2v) is 4.16. The third-order valence-corrected chi connectivity index (χ3v) is 2.92. The lowest BCUT2D eigenvalue weighted by molar-refractivity contribution is 0.100. The number of nitrogens with two attached hydrogens (primary N) is 2. The van der Waals surface area contributed by atoms with E-state index >= 15 is 0 Å². The minimum atomic E-state index is -0.415. The summed E-state index contributed by atoms with van der Waals surface area (Å²) in [7, 11) is 0. The van der Waals surface area contributed by atoms with Crippen molar-refractivity contribution in [3.05, 3.63) is 23.8 Å². The fourth-order valence-electron chi connectivity index (χ4n) is 2.01. The highest BCUT2D eigenvalue weighted by molar-refractivity contribution is 5.99. The third kappa shape index (κ3) is 1.96. The number of carbonyl (C=O) groups is 1. The lowest BCUT2D eigenvalue weighted by Crippen LogP contribution is -2.28. The van der Waals surface area contributed by atoms with E-state index < -0.39 is 5.91 Å². The van der Waals surface area contributed by atoms with Gasteiger partial charge in [0.25, 0.3) is 5.91 Å². The maximum atomic E-state index is 11.4. The number of anilines is 2. The molecule has 1 saturated carbocycles. The van der Waals surface area contributed by atoms with Gasteiger partial charge in [-0.05, 0) is 38.0 Å². The number of benzene rings is 1. The zero-order valence-electron chi connectivity index (χ0n) is 9.44. The summed E-state index contributed by atoms with van der Waals surface area (Å²) in [6, 6.07) is 5.92. The molecule has 0 aliphatic heterocycles. The molecule has 0 unspecified atom stereocenters. The van der Waals surface area contributed by atoms with Crippen molar-refractivity contribution < 1.29 is 4.79 Å². The Morgan fingerprint density at radius 1 is 1.50 bits per heavy atom. The summed E-state index contributed by atoms with van der Waals surface area (Å²) in [5, 5.41) is 0. The van der Waals surface area contributed by atoms with E-state index in [-0.39, 0.29) is 0 Å². The predicted molar refractivity (Wildman–Crippen MR) is 65.4 cm³/mol. The second-order valence-electron chi connectivity index (χ2n) is 4.16. The molecule has 1 aliphatic carbocycles. The molecule has 1 fully saturated rings. The lowest BCUT2D eigenvalue weighted by atomic mass is 10.1. The van der Waals surface area contributed by atoms with Gasteiger partial charge in [-0.2, -0.15) is 0 Å². The Hall–Kier alpha value is -1.71. The van der Waals surface area contributed by atoms with Gasteiger partial charge in [0.1, 0.15) is 0 Å². The van der Waals surface area contributed by atoms with Crippen LogP contribution in [0, 0.1) is 0 Å². The van der Waals surface area contributed by atoms with Gasteiger partial charge in [-0.15, -0.1) is 0 Å². The van der Waals surface area contributed by atoms with E-state index in [1.54, 1.807) is 6.07 Å². The summed E-state index contributed by atoms with van der Waals surface area (Å²) >= 11 is 0. The van der Waals surface area contributed by atoms with E-state index in [0.717, 1.165) is 12.2 Å². The van der Waals surface area contributed by atoms with Gasteiger partial charge in [0, 0.05) is 24.0 Å². The van der Waals surface area contributed by atoms with Crippen LogP contribution in [0.1, 0.15) is 30.1 Å². The zero-order chi connectivity index (χ0) is 11.7. The lowest BCUT2D eigenvalue weighted by Gasteiger charge is -2.24. The van der Waals surface area contributed by atoms with Crippen LogP contribution in [0.4, 0.5) is 11.4 Å². The molecule has 4 heteroatoms. The quantitative estimate of drug-likeness (QED) is 0.751. The first-order chi connectivity index (χ1) is 7.63. The molecule has 86 valence electrons. The summed E-state index contributed by atoms with van der Waals surface area (Å²) in [6.07, 6.45) is 2.38. The average molecular weight is 219 g/mol. The van der Waals surface area contributed by atoms with Crippen molar-refractivity contribution in [2.24, 2.45) is 5.73 Å². The predicted octanol–water partition coefficient (Wildman–Crippen LogP) is 1.36. The molecular formula is C12H17N3O. The van der Waals surface area contributed by atoms with Gasteiger partial charge in [-0.25, -0.2) is 0 Å². The number of hydrogen-bond acceptors (Lipinski definition) is 3. The molecule has 1 aromatic carbocycles. The van der Waals surface area contributed by atoms with E-state index in [9.17, 15) is 4.79 Å². The van der Waals surface area contributed by atoms with Crippen LogP contribution in [0.5, 0.6) is 0 Å². The third-order valence-electron chi connectivity index (χ3n) is 2.92. The van der Waals surface area contributed by atoms with Gasteiger partial charge in [0.2, 0.25) is 0 Å². The van der Waals surface area contributed by atoms with Crippen molar-refractivity contribution in [1.29, 1.82) is 0 Å². The molecule has 16 heavy (non-hydrogen) atoms. The van der Waals surface area contributed by atoms with E-state index in [1.165, 1.54) is 12.8 Å². The SMILES string of the molecule is CCN(c1ccc(N)cc1C(N)=O)C1CC1. The highest BCUT2D eigenvalue weighted by Crippen LogP contribution is 2.33. The van der Waals surface area contributed by atoms with Crippen LogP contribution in [0.15, 0.2) is 18.2 Å². The van der Waals surface area contributed by atoms with Gasteiger partial charge in [0.15, 0.2) is 0 Å². The Kier molecular flexibility index (Phi) is 2.73. The molecular weight excluding hydrogens is 202 g/mol. The molecule has 1 aromatic rings. The van der Waals surface area contributed by atoms with Crippen molar-refractivity contribution in [1.82, 2.24) is 0 Å². The van der Waals surface area contributed by atoms with Crippen molar-refractivity contribution in [3.8, 4) is 0 Å². The molecule has 0 spiro atoms. The Balaban J connectivity index is 2.41. The molecule has 0 aromatic heterocycles. The van der Waals surface area contributed by atoms with Gasteiger partial charge < -0.3 is 16.4 Å². The monoisotopic (exact) mass is 219 g/mol. The first-order valence-electron chi connectivity index (χ1n) is 5.59. The van der Waals surface area contributed by atoms with Crippen LogP contribution in [0.25, 0.3) is 0 Å². The van der Waals surface area contributed by atoms with Crippen LogP contribution >= 0.6 is 0 Å². The summed E-state index contributed by atoms with van der Waals surface area (Å²) < 4.78 is 0. The average Bonchev–Trinajstić information content (AvgIpc) is 3.05. The number of nitrogens with zero attached hydrogens (tertiary/aromatic N) is 1. The van der Waals surface area contributed by atoms with E-state index in [2.05, 4.69) is 11.8 Å². The fourth-order valence-corrected chi connectivity index (χ4v) is 2.01. The van der Waals surface area contributed by atoms with Crippen LogP contribution in [-0.2, 0) is 0 Å². The Morgan fingerprint density at radius 3 is 2.69 bits per heavy atom. The van der Waals surface area contributed by atoms with Gasteiger partial charge in [0.05, 0.1) is 5.56 Å². The minimum absolute atomic E-state index is 0.415. The molecule has 1 amide bonds. The number of nitrogen functional groups attached to an aromatic ring is 1. The van der Waals surface area contributed by atoms with Crippen LogP contribution < -0.4 is 16.4 Å². The van der Waals surface area contributed by atoms with Crippen molar-refractivity contribution >= 4 is 17.3 Å². The van der Waals surface area contributed by atoms with Crippen molar-refractivity contribution in [2.75, 3.05) is 17.2 Å². The van der Waals surface area contributed by atoms with Gasteiger partial charge in [-0.3, -0.25) is 4.79 Å². The van der Waals surface area contributed by atoms with Crippen molar-refractivity contribution in [2.45, 2.75) is 25.8 Å². The maximum Gasteiger partial charge on any atom is 0.250 e. The van der Waals surface area contributed by atoms with Crippen LogP contribution in [-0.4, -0.2) is 18.5 Å². The van der Waals surface area contributed by atoms with Crippen LogP contribution in [0.2, 0.25) is 0 Å². The first-order valence-corrected chi connectivity index (χ1v) is 5.59. The normalized spacial score (nSPS) is 14.8. The van der Waals surface area contributed by atoms with Crippen LogP contribution in [0.3, 0.4) is 0 Å². The minimum Gasteiger partial charge on any atom is -0.399 e. The number of hydrogen-bond donors (Lipinski definition) is 2. The Bertz CT molecular complexity index is 413. The number of carbonyl (C=O) groups excluding carboxylic acids is 1. The molecule has 4 N–H and O–H groups in total. The molecule has 0 heterocycles. The molecule has 0 saturated heterocycles. The molecule has 4 nitrogen and oxygen atoms in total. The van der Waals surface area contributed by atoms with Gasteiger partial charge >= 0.3 is 0 Å². The second kappa shape index (κ2) is 4.04. The molecule has 1 aliphatic rings. The van der Waals surface area contributed by atoms with E-state index in [4.69, 9.17) is 11.5 Å². The Morgan fingerprint density at radius 2 is 2.19 bits per heavy atom. The maximum absolute atomic E-state index is 11.4.